The summed E-state index contributed by atoms with van der Waals surface area (Å²) in [6, 6.07) is 0. The molecule has 0 bridgehead atoms. The second-order valence-electron chi connectivity index (χ2n) is 2.38. The average Bonchev–Trinajstić information content (AvgIpc) is 2.38. The van der Waals surface area contributed by atoms with Gasteiger partial charge in [-0.25, -0.2) is 4.98 Å². The van der Waals surface area contributed by atoms with Gasteiger partial charge in [-0.1, -0.05) is 6.92 Å². The third kappa shape index (κ3) is 1.91. The number of hydrogen-bond donors (Lipinski definition) is 3. The molecule has 1 heterocycles. The van der Waals surface area contributed by atoms with Gasteiger partial charge in [-0.15, -0.1) is 0 Å². The van der Waals surface area contributed by atoms with Gasteiger partial charge in [-0.05, 0) is 6.42 Å². The summed E-state index contributed by atoms with van der Waals surface area (Å²) < 4.78 is 10.9. The zero-order chi connectivity index (χ0) is 9.19. The fourth-order valence-corrected chi connectivity index (χ4v) is 1.88. The van der Waals surface area contributed by atoms with Crippen molar-refractivity contribution in [3.05, 3.63) is 12.2 Å². The summed E-state index contributed by atoms with van der Waals surface area (Å²) in [5.74, 6) is 0.242. The lowest BCUT2D eigenvalue weighted by Crippen LogP contribution is -2.00. The molecule has 0 aromatic carbocycles. The van der Waals surface area contributed by atoms with Crippen molar-refractivity contribution >= 4 is 7.60 Å². The summed E-state index contributed by atoms with van der Waals surface area (Å²) in [6.45, 7) is 1.69. The highest BCUT2D eigenvalue weighted by Gasteiger charge is 2.30. The Morgan fingerprint density at radius 3 is 2.75 bits per heavy atom. The Morgan fingerprint density at radius 1 is 1.75 bits per heavy atom. The molecule has 0 aliphatic heterocycles. The highest BCUT2D eigenvalue weighted by molar-refractivity contribution is 7.52. The molecular weight excluding hydrogens is 181 g/mol. The van der Waals surface area contributed by atoms with Crippen molar-refractivity contribution in [2.75, 3.05) is 0 Å². The van der Waals surface area contributed by atoms with Crippen LogP contribution in [0.25, 0.3) is 0 Å². The predicted octanol–water partition coefficient (Wildman–Crippen LogP) is 0.433. The van der Waals surface area contributed by atoms with E-state index >= 15 is 0 Å². The Morgan fingerprint density at radius 2 is 2.42 bits per heavy atom. The van der Waals surface area contributed by atoms with Gasteiger partial charge in [0, 0.05) is 0 Å². The van der Waals surface area contributed by atoms with E-state index in [1.54, 1.807) is 6.92 Å². The average molecular weight is 191 g/mol. The van der Waals surface area contributed by atoms with E-state index in [1.807, 2.05) is 0 Å². The van der Waals surface area contributed by atoms with Gasteiger partial charge >= 0.3 is 7.60 Å². The van der Waals surface area contributed by atoms with E-state index < -0.39 is 13.3 Å². The Labute approximate surface area is 69.2 Å². The lowest BCUT2D eigenvalue weighted by Gasteiger charge is -2.12. The molecule has 0 aliphatic rings. The number of rotatable bonds is 3. The van der Waals surface area contributed by atoms with E-state index in [0.717, 1.165) is 0 Å². The van der Waals surface area contributed by atoms with Crippen LogP contribution in [0.5, 0.6) is 0 Å². The number of hydrogen-bond acceptors (Lipinski definition) is 3. The van der Waals surface area contributed by atoms with E-state index in [-0.39, 0.29) is 5.82 Å². The van der Waals surface area contributed by atoms with E-state index in [1.165, 1.54) is 6.33 Å². The summed E-state index contributed by atoms with van der Waals surface area (Å²) in [5.41, 5.74) is -0.861. The van der Waals surface area contributed by atoms with Gasteiger partial charge in [-0.3, -0.25) is 9.66 Å². The molecule has 1 aromatic rings. The zero-order valence-corrected chi connectivity index (χ0v) is 7.40. The van der Waals surface area contributed by atoms with Gasteiger partial charge in [0.2, 0.25) is 0 Å². The lowest BCUT2D eigenvalue weighted by molar-refractivity contribution is 0.355. The van der Waals surface area contributed by atoms with Crippen LogP contribution in [-0.4, -0.2) is 25.0 Å². The second-order valence-corrected chi connectivity index (χ2v) is 4.19. The van der Waals surface area contributed by atoms with Crippen molar-refractivity contribution < 1.29 is 14.4 Å². The molecular formula is C5H10N3O3P. The monoisotopic (exact) mass is 191 g/mol. The molecule has 0 aliphatic carbocycles. The van der Waals surface area contributed by atoms with Crippen LogP contribution in [0.2, 0.25) is 0 Å². The van der Waals surface area contributed by atoms with Gasteiger partial charge < -0.3 is 9.79 Å². The van der Waals surface area contributed by atoms with Crippen molar-refractivity contribution in [2.45, 2.75) is 19.0 Å². The first-order chi connectivity index (χ1) is 5.55. The van der Waals surface area contributed by atoms with Crippen LogP contribution in [0.15, 0.2) is 6.33 Å². The molecule has 1 atom stereocenters. The van der Waals surface area contributed by atoms with Gasteiger partial charge in [0.05, 0.1) is 0 Å². The normalized spacial score (nSPS) is 14.6. The summed E-state index contributed by atoms with van der Waals surface area (Å²) in [5, 5.41) is 5.97. The largest absolute Gasteiger partial charge is 0.336 e. The van der Waals surface area contributed by atoms with Crippen molar-refractivity contribution in [3.8, 4) is 0 Å². The Kier molecular flexibility index (Phi) is 2.62. The summed E-state index contributed by atoms with van der Waals surface area (Å²) in [4.78, 5) is 21.4. The number of nitrogens with one attached hydrogen (secondary N) is 1. The van der Waals surface area contributed by atoms with Crippen molar-refractivity contribution in [1.29, 1.82) is 0 Å². The minimum absolute atomic E-state index is 0.242. The third-order valence-corrected chi connectivity index (χ3v) is 2.96. The topological polar surface area (TPSA) is 99.1 Å². The molecule has 1 aromatic heterocycles. The van der Waals surface area contributed by atoms with E-state index in [0.29, 0.717) is 6.42 Å². The fraction of sp³-hybridized carbons (Fsp3) is 0.600. The van der Waals surface area contributed by atoms with Crippen LogP contribution in [0.1, 0.15) is 24.8 Å². The van der Waals surface area contributed by atoms with E-state index in [4.69, 9.17) is 9.79 Å². The molecule has 12 heavy (non-hydrogen) atoms. The minimum atomic E-state index is -4.10. The fourth-order valence-electron chi connectivity index (χ4n) is 0.966. The Balaban J connectivity index is 2.92. The maximum absolute atomic E-state index is 10.9. The van der Waals surface area contributed by atoms with Crippen LogP contribution < -0.4 is 0 Å². The summed E-state index contributed by atoms with van der Waals surface area (Å²) in [6.07, 6.45) is 1.56. The highest BCUT2D eigenvalue weighted by atomic mass is 31.2. The Hall–Kier alpha value is -0.710. The molecule has 0 fully saturated rings. The maximum atomic E-state index is 10.9. The summed E-state index contributed by atoms with van der Waals surface area (Å²) >= 11 is 0. The number of aromatic nitrogens is 3. The Bertz CT molecular complexity index is 280. The van der Waals surface area contributed by atoms with Gasteiger partial charge in [0.1, 0.15) is 17.8 Å². The number of nitrogens with zero attached hydrogens (tertiary/aromatic N) is 2. The molecule has 68 valence electrons. The predicted molar refractivity (Wildman–Crippen MR) is 41.5 cm³/mol. The van der Waals surface area contributed by atoms with E-state index in [9.17, 15) is 4.57 Å². The third-order valence-electron chi connectivity index (χ3n) is 1.54. The molecule has 6 nitrogen and oxygen atoms in total. The number of H-pyrrole nitrogens is 1. The smallest absolute Gasteiger partial charge is 0.324 e. The first-order valence-corrected chi connectivity index (χ1v) is 5.14. The van der Waals surface area contributed by atoms with Gasteiger partial charge in [0.25, 0.3) is 0 Å². The first kappa shape index (κ1) is 9.38. The zero-order valence-electron chi connectivity index (χ0n) is 6.51. The van der Waals surface area contributed by atoms with Crippen molar-refractivity contribution in [3.63, 3.8) is 0 Å². The SMILES string of the molecule is CCC(c1ncn[nH]1)P(=O)(O)O. The highest BCUT2D eigenvalue weighted by Crippen LogP contribution is 2.52. The quantitative estimate of drug-likeness (QED) is 0.602. The molecule has 1 unspecified atom stereocenters. The minimum Gasteiger partial charge on any atom is -0.324 e. The molecule has 0 saturated heterocycles. The molecule has 0 spiro atoms. The van der Waals surface area contributed by atoms with Crippen LogP contribution >= 0.6 is 7.60 Å². The van der Waals surface area contributed by atoms with Crippen molar-refractivity contribution in [2.24, 2.45) is 0 Å². The van der Waals surface area contributed by atoms with E-state index in [2.05, 4.69) is 15.2 Å². The maximum Gasteiger partial charge on any atom is 0.336 e. The molecule has 0 saturated carbocycles. The first-order valence-electron chi connectivity index (χ1n) is 3.46. The second kappa shape index (κ2) is 3.35. The molecule has 0 radical (unpaired) electrons. The van der Waals surface area contributed by atoms with Crippen molar-refractivity contribution in [1.82, 2.24) is 15.2 Å². The molecule has 0 amide bonds. The molecule has 3 N–H and O–H groups in total. The standard InChI is InChI=1S/C5H10N3O3P/c1-2-4(12(9,10)11)5-6-3-7-8-5/h3-4H,2H2,1H3,(H,6,7,8)(H2,9,10,11). The van der Waals surface area contributed by atoms with Crippen LogP contribution in [0.4, 0.5) is 0 Å². The van der Waals surface area contributed by atoms with Gasteiger partial charge in [-0.2, -0.15) is 5.10 Å². The molecule has 1 rings (SSSR count). The van der Waals surface area contributed by atoms with Crippen LogP contribution in [-0.2, 0) is 4.57 Å². The molecule has 7 heteroatoms. The number of aromatic amines is 1. The van der Waals surface area contributed by atoms with Crippen LogP contribution in [0.3, 0.4) is 0 Å². The van der Waals surface area contributed by atoms with Gasteiger partial charge in [0.15, 0.2) is 0 Å². The summed E-state index contributed by atoms with van der Waals surface area (Å²) in [7, 11) is -4.10. The van der Waals surface area contributed by atoms with Crippen LogP contribution in [0, 0.1) is 0 Å². The lowest BCUT2D eigenvalue weighted by atomic mass is 10.3.